The zero-order valence-electron chi connectivity index (χ0n) is 8.45. The van der Waals surface area contributed by atoms with Crippen LogP contribution in [0, 0.1) is 16.7 Å². The predicted molar refractivity (Wildman–Crippen MR) is 52.2 cm³/mol. The minimum absolute atomic E-state index is 0.396. The lowest BCUT2D eigenvalue weighted by Crippen LogP contribution is -2.05. The summed E-state index contributed by atoms with van der Waals surface area (Å²) < 4.78 is 26.3. The maximum absolute atomic E-state index is 10.8. The summed E-state index contributed by atoms with van der Waals surface area (Å²) in [5, 5.41) is 0. The first-order chi connectivity index (χ1) is 6.50. The monoisotopic (exact) mass is 216 g/mol. The number of rotatable bonds is 4. The fourth-order valence-corrected chi connectivity index (χ4v) is 4.07. The number of fused-ring (bicyclic) bond motifs is 1. The fraction of sp³-hybridized carbons (Fsp3) is 1.00. The topological polar surface area (TPSA) is 43.4 Å². The first kappa shape index (κ1) is 9.16. The molecule has 0 unspecified atom stereocenters. The molecule has 2 spiro atoms. The second-order valence-corrected chi connectivity index (χ2v) is 6.82. The molecule has 3 fully saturated rings. The van der Waals surface area contributed by atoms with E-state index in [1.807, 2.05) is 0 Å². The molecule has 0 N–H and O–H groups in total. The van der Waals surface area contributed by atoms with E-state index in [4.69, 9.17) is 4.18 Å². The molecule has 4 heteroatoms. The van der Waals surface area contributed by atoms with Gasteiger partial charge < -0.3 is 0 Å². The highest BCUT2D eigenvalue weighted by Gasteiger charge is 2.85. The molecule has 0 radical (unpaired) electrons. The van der Waals surface area contributed by atoms with Crippen molar-refractivity contribution in [1.82, 2.24) is 0 Å². The Kier molecular flexibility index (Phi) is 1.54. The maximum Gasteiger partial charge on any atom is 0.264 e. The Hall–Kier alpha value is -0.0900. The molecular weight excluding hydrogens is 200 g/mol. The standard InChI is InChI=1S/C10H16O3S/c1-14(11,12)13-7-2-8-9(3-4-9)10(8)5-6-10/h8H,2-7H2,1H3. The third-order valence-electron chi connectivity index (χ3n) is 4.52. The Morgan fingerprint density at radius 1 is 1.21 bits per heavy atom. The smallest absolute Gasteiger partial charge is 0.264 e. The van der Waals surface area contributed by atoms with Gasteiger partial charge in [0, 0.05) is 0 Å². The Balaban J connectivity index is 1.52. The molecule has 14 heavy (non-hydrogen) atoms. The van der Waals surface area contributed by atoms with Gasteiger partial charge in [0.05, 0.1) is 12.9 Å². The van der Waals surface area contributed by atoms with Crippen LogP contribution in [0.1, 0.15) is 32.1 Å². The Labute approximate surface area is 85.0 Å². The van der Waals surface area contributed by atoms with Crippen molar-refractivity contribution in [3.63, 3.8) is 0 Å². The van der Waals surface area contributed by atoms with Gasteiger partial charge in [-0.3, -0.25) is 4.18 Å². The molecule has 0 atom stereocenters. The molecule has 0 heterocycles. The summed E-state index contributed by atoms with van der Waals surface area (Å²) in [6.07, 6.45) is 7.62. The molecule has 0 aromatic carbocycles. The van der Waals surface area contributed by atoms with Crippen molar-refractivity contribution < 1.29 is 12.6 Å². The first-order valence-corrected chi connectivity index (χ1v) is 7.16. The third kappa shape index (κ3) is 1.10. The zero-order chi connectivity index (χ0) is 10.0. The van der Waals surface area contributed by atoms with Gasteiger partial charge in [-0.05, 0) is 48.9 Å². The van der Waals surface area contributed by atoms with Crippen LogP contribution in [0.25, 0.3) is 0 Å². The second-order valence-electron chi connectivity index (χ2n) is 5.18. The van der Waals surface area contributed by atoms with Crippen LogP contribution in [0.2, 0.25) is 0 Å². The quantitative estimate of drug-likeness (QED) is 0.669. The van der Waals surface area contributed by atoms with E-state index in [1.54, 1.807) is 0 Å². The molecule has 0 aromatic heterocycles. The Morgan fingerprint density at radius 2 is 1.71 bits per heavy atom. The molecule has 3 saturated carbocycles. The van der Waals surface area contributed by atoms with Gasteiger partial charge >= 0.3 is 0 Å². The Morgan fingerprint density at radius 3 is 2.07 bits per heavy atom. The molecule has 0 saturated heterocycles. The summed E-state index contributed by atoms with van der Waals surface area (Å²) in [5.74, 6) is 0.789. The van der Waals surface area contributed by atoms with Gasteiger partial charge in [-0.1, -0.05) is 0 Å². The summed E-state index contributed by atoms with van der Waals surface area (Å²) in [6, 6.07) is 0. The molecule has 0 aliphatic heterocycles. The van der Waals surface area contributed by atoms with Gasteiger partial charge in [0.25, 0.3) is 10.1 Å². The minimum Gasteiger partial charge on any atom is -0.270 e. The highest BCUT2D eigenvalue weighted by atomic mass is 32.2. The van der Waals surface area contributed by atoms with Crippen LogP contribution >= 0.6 is 0 Å². The van der Waals surface area contributed by atoms with E-state index in [1.165, 1.54) is 25.7 Å². The SMILES string of the molecule is CS(=O)(=O)OCCC1C2(CC2)C12CC2. The average Bonchev–Trinajstić information content (AvgIpc) is 2.91. The molecular formula is C10H16O3S. The van der Waals surface area contributed by atoms with Crippen molar-refractivity contribution in [3.8, 4) is 0 Å². The van der Waals surface area contributed by atoms with Crippen molar-refractivity contribution in [2.24, 2.45) is 16.7 Å². The minimum atomic E-state index is -3.23. The van der Waals surface area contributed by atoms with Crippen LogP contribution in [-0.2, 0) is 14.3 Å². The van der Waals surface area contributed by atoms with Gasteiger partial charge in [0.15, 0.2) is 0 Å². The third-order valence-corrected chi connectivity index (χ3v) is 5.12. The summed E-state index contributed by atoms with van der Waals surface area (Å²) >= 11 is 0. The van der Waals surface area contributed by atoms with Gasteiger partial charge in [0.1, 0.15) is 0 Å². The molecule has 0 aromatic rings. The van der Waals surface area contributed by atoms with Crippen molar-refractivity contribution >= 4 is 10.1 Å². The van der Waals surface area contributed by atoms with Crippen LogP contribution in [0.5, 0.6) is 0 Å². The van der Waals surface area contributed by atoms with Crippen LogP contribution in [0.4, 0.5) is 0 Å². The Bertz CT molecular complexity index is 345. The maximum atomic E-state index is 10.8. The summed E-state index contributed by atoms with van der Waals surface area (Å²) in [4.78, 5) is 0. The summed E-state index contributed by atoms with van der Waals surface area (Å²) in [6.45, 7) is 0.396. The molecule has 3 rings (SSSR count). The first-order valence-electron chi connectivity index (χ1n) is 5.35. The van der Waals surface area contributed by atoms with E-state index in [2.05, 4.69) is 0 Å². The lowest BCUT2D eigenvalue weighted by molar-refractivity contribution is 0.301. The normalized spacial score (nSPS) is 34.8. The molecule has 3 aliphatic rings. The van der Waals surface area contributed by atoms with Crippen molar-refractivity contribution in [2.45, 2.75) is 32.1 Å². The van der Waals surface area contributed by atoms with E-state index in [9.17, 15) is 8.42 Å². The predicted octanol–water partition coefficient (Wildman–Crippen LogP) is 1.54. The largest absolute Gasteiger partial charge is 0.270 e. The van der Waals surface area contributed by atoms with E-state index < -0.39 is 10.1 Å². The van der Waals surface area contributed by atoms with Gasteiger partial charge in [-0.25, -0.2) is 0 Å². The van der Waals surface area contributed by atoms with Gasteiger partial charge in [-0.15, -0.1) is 0 Å². The van der Waals surface area contributed by atoms with E-state index >= 15 is 0 Å². The van der Waals surface area contributed by atoms with Crippen LogP contribution in [0.3, 0.4) is 0 Å². The van der Waals surface area contributed by atoms with Gasteiger partial charge in [-0.2, -0.15) is 8.42 Å². The number of hydrogen-bond acceptors (Lipinski definition) is 3. The lowest BCUT2D eigenvalue weighted by atomic mass is 10.2. The van der Waals surface area contributed by atoms with E-state index in [0.717, 1.165) is 18.6 Å². The fourth-order valence-electron chi connectivity index (χ4n) is 3.67. The highest BCUT2D eigenvalue weighted by Crippen LogP contribution is 2.93. The van der Waals surface area contributed by atoms with Crippen LogP contribution in [0.15, 0.2) is 0 Å². The second kappa shape index (κ2) is 2.35. The molecule has 80 valence electrons. The number of hydrogen-bond donors (Lipinski definition) is 0. The molecule has 0 bridgehead atoms. The van der Waals surface area contributed by atoms with Gasteiger partial charge in [0.2, 0.25) is 0 Å². The summed E-state index contributed by atoms with van der Waals surface area (Å²) in [7, 11) is -3.23. The zero-order valence-corrected chi connectivity index (χ0v) is 9.27. The van der Waals surface area contributed by atoms with E-state index in [0.29, 0.717) is 17.4 Å². The van der Waals surface area contributed by atoms with Crippen LogP contribution < -0.4 is 0 Å². The van der Waals surface area contributed by atoms with Crippen molar-refractivity contribution in [3.05, 3.63) is 0 Å². The van der Waals surface area contributed by atoms with E-state index in [-0.39, 0.29) is 0 Å². The molecule has 3 nitrogen and oxygen atoms in total. The lowest BCUT2D eigenvalue weighted by Gasteiger charge is -1.99. The molecule has 3 aliphatic carbocycles. The van der Waals surface area contributed by atoms with Crippen molar-refractivity contribution in [2.75, 3.05) is 12.9 Å². The average molecular weight is 216 g/mol. The molecule has 0 amide bonds. The van der Waals surface area contributed by atoms with Crippen LogP contribution in [-0.4, -0.2) is 21.3 Å². The van der Waals surface area contributed by atoms with Crippen molar-refractivity contribution in [1.29, 1.82) is 0 Å². The highest BCUT2D eigenvalue weighted by molar-refractivity contribution is 7.85. The summed E-state index contributed by atoms with van der Waals surface area (Å²) in [5.41, 5.74) is 1.35.